The number of anilines is 1. The average Bonchev–Trinajstić information content (AvgIpc) is 3.28. The van der Waals surface area contributed by atoms with Gasteiger partial charge in [0.25, 0.3) is 0 Å². The van der Waals surface area contributed by atoms with Crippen molar-refractivity contribution < 1.29 is 4.79 Å². The molecule has 6 nitrogen and oxygen atoms in total. The third kappa shape index (κ3) is 4.04. The van der Waals surface area contributed by atoms with Crippen molar-refractivity contribution in [3.63, 3.8) is 0 Å². The van der Waals surface area contributed by atoms with Crippen molar-refractivity contribution in [2.45, 2.75) is 37.6 Å². The summed E-state index contributed by atoms with van der Waals surface area (Å²) in [6.45, 7) is 4.00. The maximum Gasteiger partial charge on any atom is 0.150 e. The van der Waals surface area contributed by atoms with Crippen LogP contribution in [0.5, 0.6) is 0 Å². The molecule has 0 N–H and O–H groups in total. The lowest BCUT2D eigenvalue weighted by Crippen LogP contribution is -2.51. The molecule has 1 aliphatic carbocycles. The van der Waals surface area contributed by atoms with Gasteiger partial charge in [-0.1, -0.05) is 6.07 Å². The molecule has 3 heterocycles. The zero-order chi connectivity index (χ0) is 24.6. The molecule has 0 amide bonds. The van der Waals surface area contributed by atoms with E-state index in [4.69, 9.17) is 0 Å². The van der Waals surface area contributed by atoms with Crippen LogP contribution in [0.3, 0.4) is 0 Å². The topological polar surface area (TPSA) is 65.2 Å². The third-order valence-electron chi connectivity index (χ3n) is 8.34. The fourth-order valence-corrected chi connectivity index (χ4v) is 6.40. The summed E-state index contributed by atoms with van der Waals surface area (Å²) in [6, 6.07) is 19.1. The molecule has 1 aliphatic heterocycles. The second kappa shape index (κ2) is 9.40. The van der Waals surface area contributed by atoms with Gasteiger partial charge in [0.15, 0.2) is 0 Å². The van der Waals surface area contributed by atoms with Crippen molar-refractivity contribution in [3.05, 3.63) is 71.5 Å². The van der Waals surface area contributed by atoms with E-state index in [1.54, 1.807) is 0 Å². The Morgan fingerprint density at radius 2 is 1.78 bits per heavy atom. The lowest BCUT2D eigenvalue weighted by Gasteiger charge is -2.43. The number of piperazine rings is 1. The SMILES string of the molecule is Cn1c(C2CCC(N3CCN(c4cc(C=O)cc5cccnc45)CC3)CC2)cc2cc(C#N)ccc21. The van der Waals surface area contributed by atoms with E-state index in [1.165, 1.54) is 42.3 Å². The Morgan fingerprint density at radius 3 is 2.53 bits per heavy atom. The quantitative estimate of drug-likeness (QED) is 0.375. The van der Waals surface area contributed by atoms with Crippen molar-refractivity contribution in [3.8, 4) is 6.07 Å². The van der Waals surface area contributed by atoms with Crippen LogP contribution in [0, 0.1) is 11.3 Å². The van der Waals surface area contributed by atoms with Gasteiger partial charge in [-0.2, -0.15) is 5.26 Å². The summed E-state index contributed by atoms with van der Waals surface area (Å²) < 4.78 is 2.33. The lowest BCUT2D eigenvalue weighted by atomic mass is 9.83. The van der Waals surface area contributed by atoms with Crippen LogP contribution < -0.4 is 4.90 Å². The minimum atomic E-state index is 0.578. The first-order valence-electron chi connectivity index (χ1n) is 13.0. The van der Waals surface area contributed by atoms with E-state index in [1.807, 2.05) is 42.6 Å². The zero-order valence-electron chi connectivity index (χ0n) is 20.7. The molecule has 0 spiro atoms. The van der Waals surface area contributed by atoms with Crippen LogP contribution in [0.15, 0.2) is 54.7 Å². The van der Waals surface area contributed by atoms with Gasteiger partial charge in [0, 0.05) is 73.0 Å². The Labute approximate surface area is 211 Å². The van der Waals surface area contributed by atoms with Crippen molar-refractivity contribution in [1.29, 1.82) is 5.26 Å². The molecule has 2 aromatic heterocycles. The van der Waals surface area contributed by atoms with Crippen LogP contribution in [-0.2, 0) is 7.05 Å². The zero-order valence-corrected chi connectivity index (χ0v) is 20.7. The van der Waals surface area contributed by atoms with Gasteiger partial charge in [0.05, 0.1) is 22.8 Å². The average molecular weight is 478 g/mol. The molecule has 1 saturated carbocycles. The van der Waals surface area contributed by atoms with E-state index in [0.717, 1.165) is 54.6 Å². The summed E-state index contributed by atoms with van der Waals surface area (Å²) in [5.41, 5.74) is 6.11. The Balaban J connectivity index is 1.11. The number of pyridine rings is 1. The summed E-state index contributed by atoms with van der Waals surface area (Å²) in [6.07, 6.45) is 7.62. The number of nitrogens with zero attached hydrogens (tertiary/aromatic N) is 5. The fourth-order valence-electron chi connectivity index (χ4n) is 6.40. The number of aryl methyl sites for hydroxylation is 1. The van der Waals surface area contributed by atoms with Crippen LogP contribution >= 0.6 is 0 Å². The number of carbonyl (C=O) groups is 1. The molecule has 0 radical (unpaired) electrons. The largest absolute Gasteiger partial charge is 0.367 e. The minimum Gasteiger partial charge on any atom is -0.367 e. The molecule has 6 heteroatoms. The lowest BCUT2D eigenvalue weighted by molar-refractivity contribution is 0.112. The molecule has 0 bridgehead atoms. The van der Waals surface area contributed by atoms with Crippen molar-refractivity contribution in [2.75, 3.05) is 31.1 Å². The Morgan fingerprint density at radius 1 is 0.972 bits per heavy atom. The first-order valence-corrected chi connectivity index (χ1v) is 13.0. The number of rotatable bonds is 4. The second-order valence-corrected chi connectivity index (χ2v) is 10.3. The van der Waals surface area contributed by atoms with Crippen molar-refractivity contribution in [1.82, 2.24) is 14.5 Å². The van der Waals surface area contributed by atoms with E-state index < -0.39 is 0 Å². The fraction of sp³-hybridized carbons (Fsp3) is 0.367. The van der Waals surface area contributed by atoms with Gasteiger partial charge in [-0.3, -0.25) is 14.7 Å². The maximum atomic E-state index is 11.5. The maximum absolute atomic E-state index is 11.5. The van der Waals surface area contributed by atoms with Gasteiger partial charge in [0.2, 0.25) is 0 Å². The summed E-state index contributed by atoms with van der Waals surface area (Å²) >= 11 is 0. The van der Waals surface area contributed by atoms with Gasteiger partial charge in [-0.05, 0) is 74.1 Å². The normalized spacial score (nSPS) is 21.1. The summed E-state index contributed by atoms with van der Waals surface area (Å²) in [5.74, 6) is 0.578. The first kappa shape index (κ1) is 22.8. The Hall–Kier alpha value is -3.69. The highest BCUT2D eigenvalue weighted by Gasteiger charge is 2.30. The van der Waals surface area contributed by atoms with Gasteiger partial charge < -0.3 is 9.47 Å². The minimum absolute atomic E-state index is 0.578. The van der Waals surface area contributed by atoms with E-state index in [9.17, 15) is 10.1 Å². The van der Waals surface area contributed by atoms with Gasteiger partial charge in [-0.25, -0.2) is 0 Å². The number of hydrogen-bond acceptors (Lipinski definition) is 5. The predicted molar refractivity (Wildman–Crippen MR) is 144 cm³/mol. The summed E-state index contributed by atoms with van der Waals surface area (Å²) in [5, 5.41) is 11.4. The number of aldehydes is 1. The summed E-state index contributed by atoms with van der Waals surface area (Å²) in [4.78, 5) is 21.2. The van der Waals surface area contributed by atoms with E-state index >= 15 is 0 Å². The molecule has 6 rings (SSSR count). The number of hydrogen-bond donors (Lipinski definition) is 0. The van der Waals surface area contributed by atoms with E-state index in [2.05, 4.69) is 44.6 Å². The molecule has 36 heavy (non-hydrogen) atoms. The third-order valence-corrected chi connectivity index (χ3v) is 8.34. The first-order chi connectivity index (χ1) is 17.6. The van der Waals surface area contributed by atoms with Gasteiger partial charge in [-0.15, -0.1) is 0 Å². The highest BCUT2D eigenvalue weighted by molar-refractivity contribution is 5.96. The Bertz CT molecular complexity index is 1470. The molecule has 182 valence electrons. The molecular weight excluding hydrogens is 446 g/mol. The van der Waals surface area contributed by atoms with Crippen LogP contribution in [-0.4, -0.2) is 53.0 Å². The standard InChI is InChI=1S/C30H31N5O/c1-33-27-9-4-21(19-31)15-25(27)18-28(33)23-5-7-26(8-6-23)34-11-13-35(14-12-34)29-17-22(20-36)16-24-3-2-10-32-30(24)29/h2-4,9-10,15-18,20,23,26H,5-8,11-14H2,1H3. The van der Waals surface area contributed by atoms with E-state index in [-0.39, 0.29) is 0 Å². The molecule has 2 fully saturated rings. The second-order valence-electron chi connectivity index (χ2n) is 10.3. The van der Waals surface area contributed by atoms with Crippen molar-refractivity contribution >= 4 is 33.8 Å². The smallest absolute Gasteiger partial charge is 0.150 e. The molecule has 2 aromatic carbocycles. The highest BCUT2D eigenvalue weighted by atomic mass is 16.1. The van der Waals surface area contributed by atoms with Gasteiger partial charge in [0.1, 0.15) is 6.29 Å². The molecule has 0 atom stereocenters. The van der Waals surface area contributed by atoms with Gasteiger partial charge >= 0.3 is 0 Å². The van der Waals surface area contributed by atoms with Crippen molar-refractivity contribution in [2.24, 2.45) is 7.05 Å². The van der Waals surface area contributed by atoms with E-state index in [0.29, 0.717) is 17.5 Å². The number of carbonyl (C=O) groups excluding carboxylic acids is 1. The molecular formula is C30H31N5O. The van der Waals surface area contributed by atoms with Crippen LogP contribution in [0.2, 0.25) is 0 Å². The van der Waals surface area contributed by atoms with Crippen LogP contribution in [0.25, 0.3) is 21.8 Å². The number of fused-ring (bicyclic) bond motifs is 2. The van der Waals surface area contributed by atoms with Crippen LogP contribution in [0.4, 0.5) is 5.69 Å². The number of aromatic nitrogens is 2. The summed E-state index contributed by atoms with van der Waals surface area (Å²) in [7, 11) is 2.16. The Kier molecular flexibility index (Phi) is 5.94. The highest BCUT2D eigenvalue weighted by Crippen LogP contribution is 2.37. The molecule has 1 saturated heterocycles. The molecule has 0 unspecified atom stereocenters. The number of benzene rings is 2. The van der Waals surface area contributed by atoms with Crippen LogP contribution in [0.1, 0.15) is 53.2 Å². The predicted octanol–water partition coefficient (Wildman–Crippen LogP) is 5.26. The molecule has 4 aromatic rings. The monoisotopic (exact) mass is 477 g/mol. The number of nitriles is 1. The molecule has 2 aliphatic rings.